The Morgan fingerprint density at radius 3 is 2.68 bits per heavy atom. The Kier molecular flexibility index (Phi) is 5.38. The molecule has 1 heterocycles. The van der Waals surface area contributed by atoms with Gasteiger partial charge in [0.05, 0.1) is 12.0 Å². The Hall–Kier alpha value is -2.08. The lowest BCUT2D eigenvalue weighted by Gasteiger charge is -2.21. The van der Waals surface area contributed by atoms with E-state index in [1.807, 2.05) is 24.3 Å². The molecule has 0 bridgehead atoms. The lowest BCUT2D eigenvalue weighted by molar-refractivity contribution is -0.137. The molecule has 0 spiro atoms. The van der Waals surface area contributed by atoms with Gasteiger partial charge in [-0.2, -0.15) is 0 Å². The fraction of sp³-hybridized carbons (Fsp3) is 0.250. The van der Waals surface area contributed by atoms with Gasteiger partial charge in [-0.05, 0) is 30.7 Å². The largest absolute Gasteiger partial charge is 0.481 e. The highest BCUT2D eigenvalue weighted by Crippen LogP contribution is 2.16. The lowest BCUT2D eigenvalue weighted by atomic mass is 10.2. The van der Waals surface area contributed by atoms with Gasteiger partial charge < -0.3 is 14.4 Å². The summed E-state index contributed by atoms with van der Waals surface area (Å²) < 4.78 is 6.07. The molecule has 1 amide bonds. The number of benzene rings is 1. The first-order chi connectivity index (χ1) is 10.5. The van der Waals surface area contributed by atoms with Crippen molar-refractivity contribution in [3.63, 3.8) is 0 Å². The van der Waals surface area contributed by atoms with E-state index in [1.54, 1.807) is 13.0 Å². The van der Waals surface area contributed by atoms with Crippen molar-refractivity contribution in [3.05, 3.63) is 58.0 Å². The van der Waals surface area contributed by atoms with Crippen LogP contribution in [0.15, 0.2) is 45.5 Å². The SMILES string of the molecule is Cc1cc(C(=O)N(CCC(=O)O)Cc2cccc(Br)c2)co1. The van der Waals surface area contributed by atoms with E-state index >= 15 is 0 Å². The smallest absolute Gasteiger partial charge is 0.305 e. The normalized spacial score (nSPS) is 10.5. The monoisotopic (exact) mass is 365 g/mol. The second kappa shape index (κ2) is 7.26. The summed E-state index contributed by atoms with van der Waals surface area (Å²) in [6.07, 6.45) is 1.29. The number of carbonyl (C=O) groups excluding carboxylic acids is 1. The predicted octanol–water partition coefficient (Wildman–Crippen LogP) is 3.47. The Morgan fingerprint density at radius 1 is 1.32 bits per heavy atom. The van der Waals surface area contributed by atoms with E-state index < -0.39 is 5.97 Å². The third kappa shape index (κ3) is 4.46. The van der Waals surface area contributed by atoms with Crippen LogP contribution in [0.2, 0.25) is 0 Å². The van der Waals surface area contributed by atoms with Crippen LogP contribution in [0.5, 0.6) is 0 Å². The molecule has 5 nitrogen and oxygen atoms in total. The van der Waals surface area contributed by atoms with Gasteiger partial charge in [-0.25, -0.2) is 0 Å². The van der Waals surface area contributed by atoms with Gasteiger partial charge in [-0.15, -0.1) is 0 Å². The average molecular weight is 366 g/mol. The molecule has 6 heteroatoms. The van der Waals surface area contributed by atoms with Crippen LogP contribution in [-0.4, -0.2) is 28.4 Å². The van der Waals surface area contributed by atoms with Crippen LogP contribution in [0.4, 0.5) is 0 Å². The second-order valence-corrected chi connectivity index (χ2v) is 5.86. The van der Waals surface area contributed by atoms with Crippen molar-refractivity contribution in [3.8, 4) is 0 Å². The summed E-state index contributed by atoms with van der Waals surface area (Å²) in [7, 11) is 0. The summed E-state index contributed by atoms with van der Waals surface area (Å²) in [4.78, 5) is 24.8. The molecule has 22 heavy (non-hydrogen) atoms. The van der Waals surface area contributed by atoms with Crippen molar-refractivity contribution in [1.29, 1.82) is 0 Å². The number of carbonyl (C=O) groups is 2. The zero-order valence-electron chi connectivity index (χ0n) is 12.1. The van der Waals surface area contributed by atoms with E-state index in [4.69, 9.17) is 9.52 Å². The summed E-state index contributed by atoms with van der Waals surface area (Å²) in [6.45, 7) is 2.24. The van der Waals surface area contributed by atoms with E-state index in [1.165, 1.54) is 11.2 Å². The molecule has 0 unspecified atom stereocenters. The summed E-state index contributed by atoms with van der Waals surface area (Å²) in [5, 5.41) is 8.87. The van der Waals surface area contributed by atoms with E-state index in [9.17, 15) is 9.59 Å². The molecule has 0 atom stereocenters. The summed E-state index contributed by atoms with van der Waals surface area (Å²) in [5.41, 5.74) is 1.35. The third-order valence-corrected chi connectivity index (χ3v) is 3.62. The molecular formula is C16H16BrNO4. The minimum atomic E-state index is -0.935. The predicted molar refractivity (Wildman–Crippen MR) is 84.6 cm³/mol. The highest BCUT2D eigenvalue weighted by atomic mass is 79.9. The Bertz CT molecular complexity index is 680. The second-order valence-electron chi connectivity index (χ2n) is 4.95. The maximum Gasteiger partial charge on any atom is 0.305 e. The topological polar surface area (TPSA) is 70.8 Å². The molecule has 0 aliphatic heterocycles. The van der Waals surface area contributed by atoms with Crippen LogP contribution in [0.1, 0.15) is 28.1 Å². The molecule has 0 saturated heterocycles. The van der Waals surface area contributed by atoms with Gasteiger partial charge >= 0.3 is 5.97 Å². The standard InChI is InChI=1S/C16H16BrNO4/c1-11-7-13(10-22-11)16(21)18(6-5-15(19)20)9-12-3-2-4-14(17)8-12/h2-4,7-8,10H,5-6,9H2,1H3,(H,19,20). The Morgan fingerprint density at radius 2 is 2.09 bits per heavy atom. The molecule has 0 aliphatic rings. The third-order valence-electron chi connectivity index (χ3n) is 3.12. The van der Waals surface area contributed by atoms with Crippen molar-refractivity contribution in [2.75, 3.05) is 6.54 Å². The highest BCUT2D eigenvalue weighted by Gasteiger charge is 2.19. The lowest BCUT2D eigenvalue weighted by Crippen LogP contribution is -2.32. The molecular weight excluding hydrogens is 350 g/mol. The van der Waals surface area contributed by atoms with Crippen LogP contribution in [0.25, 0.3) is 0 Å². The van der Waals surface area contributed by atoms with Gasteiger partial charge in [-0.3, -0.25) is 9.59 Å². The average Bonchev–Trinajstić information content (AvgIpc) is 2.89. The number of amides is 1. The van der Waals surface area contributed by atoms with Crippen LogP contribution in [0.3, 0.4) is 0 Å². The van der Waals surface area contributed by atoms with E-state index in [2.05, 4.69) is 15.9 Å². The fourth-order valence-corrected chi connectivity index (χ4v) is 2.52. The number of carboxylic acid groups (broad SMARTS) is 1. The number of hydrogen-bond donors (Lipinski definition) is 1. The summed E-state index contributed by atoms with van der Waals surface area (Å²) in [5.74, 6) is -0.530. The van der Waals surface area contributed by atoms with Crippen LogP contribution in [-0.2, 0) is 11.3 Å². The fourth-order valence-electron chi connectivity index (χ4n) is 2.08. The van der Waals surface area contributed by atoms with Crippen LogP contribution < -0.4 is 0 Å². The first-order valence-corrected chi connectivity index (χ1v) is 7.55. The molecule has 0 radical (unpaired) electrons. The van der Waals surface area contributed by atoms with Crippen molar-refractivity contribution in [2.24, 2.45) is 0 Å². The van der Waals surface area contributed by atoms with Gasteiger partial charge in [0.1, 0.15) is 12.0 Å². The Labute approximate surface area is 136 Å². The van der Waals surface area contributed by atoms with Gasteiger partial charge in [0.25, 0.3) is 5.91 Å². The quantitative estimate of drug-likeness (QED) is 0.850. The number of carboxylic acids is 1. The number of rotatable bonds is 6. The molecule has 0 saturated carbocycles. The molecule has 2 rings (SSSR count). The van der Waals surface area contributed by atoms with Crippen molar-refractivity contribution >= 4 is 27.8 Å². The minimum Gasteiger partial charge on any atom is -0.481 e. The summed E-state index contributed by atoms with van der Waals surface area (Å²) in [6, 6.07) is 9.22. The number of aliphatic carboxylic acids is 1. The molecule has 2 aromatic rings. The van der Waals surface area contributed by atoms with E-state index in [0.29, 0.717) is 17.9 Å². The Balaban J connectivity index is 2.18. The maximum atomic E-state index is 12.5. The van der Waals surface area contributed by atoms with Crippen molar-refractivity contribution in [1.82, 2.24) is 4.90 Å². The molecule has 0 fully saturated rings. The molecule has 1 aromatic heterocycles. The zero-order chi connectivity index (χ0) is 16.1. The van der Waals surface area contributed by atoms with Crippen molar-refractivity contribution in [2.45, 2.75) is 19.9 Å². The van der Waals surface area contributed by atoms with E-state index in [-0.39, 0.29) is 18.9 Å². The van der Waals surface area contributed by atoms with Crippen LogP contribution in [0, 0.1) is 6.92 Å². The number of aryl methyl sites for hydroxylation is 1. The number of furan rings is 1. The molecule has 0 aliphatic carbocycles. The molecule has 116 valence electrons. The van der Waals surface area contributed by atoms with Gasteiger partial charge in [0.15, 0.2) is 0 Å². The zero-order valence-corrected chi connectivity index (χ0v) is 13.7. The summed E-state index contributed by atoms with van der Waals surface area (Å²) >= 11 is 3.39. The first-order valence-electron chi connectivity index (χ1n) is 6.76. The first kappa shape index (κ1) is 16.3. The molecule has 1 aromatic carbocycles. The van der Waals surface area contributed by atoms with Gasteiger partial charge in [0, 0.05) is 17.6 Å². The number of halogens is 1. The van der Waals surface area contributed by atoms with Crippen LogP contribution >= 0.6 is 15.9 Å². The van der Waals surface area contributed by atoms with Gasteiger partial charge in [0.2, 0.25) is 0 Å². The van der Waals surface area contributed by atoms with E-state index in [0.717, 1.165) is 10.0 Å². The maximum absolute atomic E-state index is 12.5. The minimum absolute atomic E-state index is 0.101. The number of hydrogen-bond acceptors (Lipinski definition) is 3. The number of nitrogens with zero attached hydrogens (tertiary/aromatic N) is 1. The van der Waals surface area contributed by atoms with Gasteiger partial charge in [-0.1, -0.05) is 28.1 Å². The highest BCUT2D eigenvalue weighted by molar-refractivity contribution is 9.10. The van der Waals surface area contributed by atoms with Crippen molar-refractivity contribution < 1.29 is 19.1 Å². The molecule has 1 N–H and O–H groups in total.